The van der Waals surface area contributed by atoms with Crippen LogP contribution in [0.15, 0.2) is 24.3 Å². The second-order valence-electron chi connectivity index (χ2n) is 3.63. The van der Waals surface area contributed by atoms with Crippen LogP contribution in [0.5, 0.6) is 5.75 Å². The maximum atomic E-state index is 12.4. The van der Waals surface area contributed by atoms with Gasteiger partial charge in [0.05, 0.1) is 12.7 Å². The van der Waals surface area contributed by atoms with Gasteiger partial charge in [0.25, 0.3) is 0 Å². The molecule has 1 aromatic carbocycles. The van der Waals surface area contributed by atoms with E-state index in [-0.39, 0.29) is 12.4 Å². The standard InChI is InChI=1S/C11H14ClF2NO3/c12-11(13,14)18-10-3-1-2-8(6-10)15-5-4-9(17)7-16/h1-3,6,9,15-17H,4-5,7H2. The minimum Gasteiger partial charge on any atom is -0.420 e. The summed E-state index contributed by atoms with van der Waals surface area (Å²) in [5.41, 5.74) is -3.19. The molecule has 0 aliphatic heterocycles. The third-order valence-electron chi connectivity index (χ3n) is 2.09. The number of rotatable bonds is 7. The van der Waals surface area contributed by atoms with Crippen LogP contribution < -0.4 is 10.1 Å². The van der Waals surface area contributed by atoms with Crippen LogP contribution in [0.25, 0.3) is 0 Å². The molecule has 1 atom stereocenters. The molecule has 0 aromatic heterocycles. The minimum atomic E-state index is -3.74. The monoisotopic (exact) mass is 281 g/mol. The molecule has 0 saturated carbocycles. The first-order valence-electron chi connectivity index (χ1n) is 5.29. The fraction of sp³-hybridized carbons (Fsp3) is 0.455. The summed E-state index contributed by atoms with van der Waals surface area (Å²) < 4.78 is 29.0. The molecule has 1 rings (SSSR count). The van der Waals surface area contributed by atoms with Gasteiger partial charge in [-0.2, -0.15) is 0 Å². The quantitative estimate of drug-likeness (QED) is 0.669. The molecule has 0 fully saturated rings. The maximum Gasteiger partial charge on any atom is 0.487 e. The van der Waals surface area contributed by atoms with Gasteiger partial charge in [0, 0.05) is 29.9 Å². The predicted octanol–water partition coefficient (Wildman–Crippen LogP) is 2.01. The van der Waals surface area contributed by atoms with E-state index in [2.05, 4.69) is 21.7 Å². The maximum absolute atomic E-state index is 12.4. The summed E-state index contributed by atoms with van der Waals surface area (Å²) in [6.07, 6.45) is -0.461. The molecular formula is C11H14ClF2NO3. The molecule has 0 saturated heterocycles. The highest BCUT2D eigenvalue weighted by Crippen LogP contribution is 2.26. The van der Waals surface area contributed by atoms with Crippen molar-refractivity contribution >= 4 is 17.3 Å². The Kier molecular flexibility index (Phi) is 5.58. The van der Waals surface area contributed by atoms with Crippen LogP contribution in [0.2, 0.25) is 0 Å². The van der Waals surface area contributed by atoms with E-state index in [1.165, 1.54) is 18.2 Å². The van der Waals surface area contributed by atoms with E-state index in [1.54, 1.807) is 6.07 Å². The van der Waals surface area contributed by atoms with Crippen LogP contribution in [0.1, 0.15) is 6.42 Å². The van der Waals surface area contributed by atoms with Crippen molar-refractivity contribution in [2.45, 2.75) is 18.1 Å². The van der Waals surface area contributed by atoms with Gasteiger partial charge in [-0.15, -0.1) is 8.78 Å². The SMILES string of the molecule is OCC(O)CCNc1cccc(OC(F)(F)Cl)c1. The molecule has 0 spiro atoms. The number of hydrogen-bond acceptors (Lipinski definition) is 4. The Labute approximate surface area is 108 Å². The Bertz CT molecular complexity index is 374. The third-order valence-corrected chi connectivity index (χ3v) is 2.16. The highest BCUT2D eigenvalue weighted by Gasteiger charge is 2.27. The molecule has 0 amide bonds. The highest BCUT2D eigenvalue weighted by atomic mass is 35.5. The molecular weight excluding hydrogens is 268 g/mol. The van der Waals surface area contributed by atoms with Crippen molar-refractivity contribution in [3.63, 3.8) is 0 Å². The number of alkyl halides is 3. The molecule has 7 heteroatoms. The molecule has 3 N–H and O–H groups in total. The van der Waals surface area contributed by atoms with Crippen molar-refractivity contribution in [3.05, 3.63) is 24.3 Å². The van der Waals surface area contributed by atoms with Crippen molar-refractivity contribution in [3.8, 4) is 5.75 Å². The van der Waals surface area contributed by atoms with Gasteiger partial charge in [-0.3, -0.25) is 0 Å². The molecule has 0 aliphatic rings. The lowest BCUT2D eigenvalue weighted by atomic mass is 10.2. The molecule has 0 bridgehead atoms. The zero-order chi connectivity index (χ0) is 13.6. The topological polar surface area (TPSA) is 61.7 Å². The molecule has 0 heterocycles. The van der Waals surface area contributed by atoms with E-state index in [0.717, 1.165) is 0 Å². The summed E-state index contributed by atoms with van der Waals surface area (Å²) in [4.78, 5) is 0. The fourth-order valence-corrected chi connectivity index (χ4v) is 1.37. The lowest BCUT2D eigenvalue weighted by Gasteiger charge is -2.13. The predicted molar refractivity (Wildman–Crippen MR) is 64.1 cm³/mol. The summed E-state index contributed by atoms with van der Waals surface area (Å²) >= 11 is 4.65. The van der Waals surface area contributed by atoms with Gasteiger partial charge < -0.3 is 20.3 Å². The van der Waals surface area contributed by atoms with Crippen LogP contribution >= 0.6 is 11.6 Å². The Balaban J connectivity index is 2.49. The summed E-state index contributed by atoms with van der Waals surface area (Å²) in [5, 5.41) is 20.6. The van der Waals surface area contributed by atoms with Crippen LogP contribution in [-0.2, 0) is 0 Å². The summed E-state index contributed by atoms with van der Waals surface area (Å²) in [6, 6.07) is 5.90. The van der Waals surface area contributed by atoms with Crippen LogP contribution in [0.4, 0.5) is 14.5 Å². The lowest BCUT2D eigenvalue weighted by Crippen LogP contribution is -2.17. The molecule has 4 nitrogen and oxygen atoms in total. The Morgan fingerprint density at radius 2 is 2.17 bits per heavy atom. The van der Waals surface area contributed by atoms with Gasteiger partial charge in [0.15, 0.2) is 0 Å². The van der Waals surface area contributed by atoms with Crippen molar-refractivity contribution in [2.75, 3.05) is 18.5 Å². The van der Waals surface area contributed by atoms with E-state index < -0.39 is 11.7 Å². The number of hydrogen-bond donors (Lipinski definition) is 3. The number of halogens is 3. The highest BCUT2D eigenvalue weighted by molar-refractivity contribution is 6.20. The summed E-state index contributed by atoms with van der Waals surface area (Å²) in [6.45, 7) is 0.0751. The Morgan fingerprint density at radius 3 is 2.78 bits per heavy atom. The number of anilines is 1. The molecule has 1 unspecified atom stereocenters. The largest absolute Gasteiger partial charge is 0.487 e. The number of ether oxygens (including phenoxy) is 1. The Hall–Kier alpha value is -1.11. The van der Waals surface area contributed by atoms with Crippen molar-refractivity contribution in [2.24, 2.45) is 0 Å². The van der Waals surface area contributed by atoms with Gasteiger partial charge in [0.2, 0.25) is 0 Å². The average Bonchev–Trinajstić information content (AvgIpc) is 2.27. The summed E-state index contributed by atoms with van der Waals surface area (Å²) in [7, 11) is 0. The smallest absolute Gasteiger partial charge is 0.420 e. The second-order valence-corrected chi connectivity index (χ2v) is 4.07. The first-order chi connectivity index (χ1) is 8.40. The number of aliphatic hydroxyl groups is 2. The molecule has 18 heavy (non-hydrogen) atoms. The zero-order valence-corrected chi connectivity index (χ0v) is 10.2. The molecule has 0 radical (unpaired) electrons. The van der Waals surface area contributed by atoms with Crippen molar-refractivity contribution in [1.29, 1.82) is 0 Å². The van der Waals surface area contributed by atoms with Crippen LogP contribution in [0, 0.1) is 0 Å². The first kappa shape index (κ1) is 14.9. The average molecular weight is 282 g/mol. The molecule has 102 valence electrons. The van der Waals surface area contributed by atoms with E-state index in [4.69, 9.17) is 10.2 Å². The normalized spacial score (nSPS) is 13.2. The van der Waals surface area contributed by atoms with E-state index in [9.17, 15) is 8.78 Å². The first-order valence-corrected chi connectivity index (χ1v) is 5.67. The van der Waals surface area contributed by atoms with E-state index >= 15 is 0 Å². The van der Waals surface area contributed by atoms with E-state index in [1.807, 2.05) is 0 Å². The third kappa shape index (κ3) is 6.00. The van der Waals surface area contributed by atoms with E-state index in [0.29, 0.717) is 18.7 Å². The minimum absolute atomic E-state index is 0.0669. The van der Waals surface area contributed by atoms with Gasteiger partial charge in [-0.1, -0.05) is 6.07 Å². The van der Waals surface area contributed by atoms with Gasteiger partial charge >= 0.3 is 5.57 Å². The van der Waals surface area contributed by atoms with Gasteiger partial charge in [-0.05, 0) is 18.6 Å². The lowest BCUT2D eigenvalue weighted by molar-refractivity contribution is -0.0964. The van der Waals surface area contributed by atoms with Crippen molar-refractivity contribution < 1.29 is 23.7 Å². The van der Waals surface area contributed by atoms with Crippen LogP contribution in [0.3, 0.4) is 0 Å². The van der Waals surface area contributed by atoms with Crippen molar-refractivity contribution in [1.82, 2.24) is 0 Å². The molecule has 1 aromatic rings. The number of benzene rings is 1. The van der Waals surface area contributed by atoms with Crippen LogP contribution in [-0.4, -0.2) is 35.0 Å². The second kappa shape index (κ2) is 6.72. The Morgan fingerprint density at radius 1 is 1.44 bits per heavy atom. The fourth-order valence-electron chi connectivity index (χ4n) is 1.28. The summed E-state index contributed by atoms with van der Waals surface area (Å²) in [5.74, 6) is -0.0669. The van der Waals surface area contributed by atoms with Gasteiger partial charge in [0.1, 0.15) is 5.75 Å². The van der Waals surface area contributed by atoms with Gasteiger partial charge in [-0.25, -0.2) is 0 Å². The molecule has 0 aliphatic carbocycles. The zero-order valence-electron chi connectivity index (χ0n) is 9.44. The number of nitrogens with one attached hydrogen (secondary N) is 1. The number of aliphatic hydroxyl groups excluding tert-OH is 2.